The molecule has 0 saturated carbocycles. The zero-order valence-electron chi connectivity index (χ0n) is 12.8. The van der Waals surface area contributed by atoms with Gasteiger partial charge < -0.3 is 5.32 Å². The third-order valence-corrected chi connectivity index (χ3v) is 3.87. The van der Waals surface area contributed by atoms with Crippen LogP contribution in [0.5, 0.6) is 0 Å². The minimum atomic E-state index is 0.144. The van der Waals surface area contributed by atoms with E-state index in [9.17, 15) is 0 Å². The first kappa shape index (κ1) is 15.1. The molecular weight excluding hydrogens is 268 g/mol. The highest BCUT2D eigenvalue weighted by atomic mass is 32.1. The minimum Gasteiger partial charge on any atom is -0.312 e. The number of aromatic nitrogens is 3. The van der Waals surface area contributed by atoms with Gasteiger partial charge in [0.25, 0.3) is 0 Å². The molecule has 0 bridgehead atoms. The molecule has 0 aliphatic rings. The van der Waals surface area contributed by atoms with Gasteiger partial charge in [-0.3, -0.25) is 4.98 Å². The Labute approximate surface area is 124 Å². The van der Waals surface area contributed by atoms with Gasteiger partial charge in [0.2, 0.25) is 0 Å². The Morgan fingerprint density at radius 1 is 1.15 bits per heavy atom. The Kier molecular flexibility index (Phi) is 4.50. The highest BCUT2D eigenvalue weighted by Gasteiger charge is 2.13. The molecule has 0 unspecified atom stereocenters. The fourth-order valence-electron chi connectivity index (χ4n) is 2.10. The monoisotopic (exact) mass is 290 g/mol. The molecule has 4 nitrogen and oxygen atoms in total. The number of hydrogen-bond acceptors (Lipinski definition) is 5. The Balaban J connectivity index is 2.15. The van der Waals surface area contributed by atoms with Gasteiger partial charge in [-0.25, -0.2) is 9.97 Å². The molecule has 0 fully saturated rings. The lowest BCUT2D eigenvalue weighted by atomic mass is 10.1. The van der Waals surface area contributed by atoms with Crippen LogP contribution in [0.4, 0.5) is 0 Å². The average Bonchev–Trinajstić information content (AvgIpc) is 2.84. The first-order chi connectivity index (χ1) is 9.37. The number of nitrogens with zero attached hydrogens (tertiary/aromatic N) is 3. The smallest absolute Gasteiger partial charge is 0.171 e. The van der Waals surface area contributed by atoms with Gasteiger partial charge in [-0.2, -0.15) is 0 Å². The van der Waals surface area contributed by atoms with Crippen LogP contribution in [0.15, 0.2) is 11.7 Å². The molecule has 2 heterocycles. The van der Waals surface area contributed by atoms with Gasteiger partial charge in [0.1, 0.15) is 0 Å². The standard InChI is InChI=1S/C15H22N4S/c1-10-12(6-7-17-15(3,4)5)11(2)19-14(18-10)13-8-16-9-20-13/h8-9,17H,6-7H2,1-5H3. The summed E-state index contributed by atoms with van der Waals surface area (Å²) in [6, 6.07) is 0. The third-order valence-electron chi connectivity index (χ3n) is 3.10. The first-order valence-corrected chi connectivity index (χ1v) is 7.73. The summed E-state index contributed by atoms with van der Waals surface area (Å²) in [5.41, 5.74) is 5.33. The van der Waals surface area contributed by atoms with Crippen molar-refractivity contribution in [3.8, 4) is 10.7 Å². The highest BCUT2D eigenvalue weighted by Crippen LogP contribution is 2.22. The molecule has 108 valence electrons. The SMILES string of the molecule is Cc1nc(-c2cncs2)nc(C)c1CCNC(C)(C)C. The second-order valence-electron chi connectivity index (χ2n) is 5.99. The van der Waals surface area contributed by atoms with Crippen molar-refractivity contribution >= 4 is 11.3 Å². The highest BCUT2D eigenvalue weighted by molar-refractivity contribution is 7.13. The van der Waals surface area contributed by atoms with Crippen LogP contribution in [-0.4, -0.2) is 27.0 Å². The van der Waals surface area contributed by atoms with E-state index in [0.717, 1.165) is 35.1 Å². The van der Waals surface area contributed by atoms with Crippen LogP contribution in [0.1, 0.15) is 37.7 Å². The van der Waals surface area contributed by atoms with Crippen LogP contribution < -0.4 is 5.32 Å². The van der Waals surface area contributed by atoms with E-state index in [1.54, 1.807) is 11.3 Å². The lowest BCUT2D eigenvalue weighted by molar-refractivity contribution is 0.429. The van der Waals surface area contributed by atoms with E-state index < -0.39 is 0 Å². The molecule has 0 saturated heterocycles. The Morgan fingerprint density at radius 3 is 2.30 bits per heavy atom. The minimum absolute atomic E-state index is 0.144. The van der Waals surface area contributed by atoms with Gasteiger partial charge in [-0.05, 0) is 53.1 Å². The third kappa shape index (κ3) is 3.84. The maximum atomic E-state index is 4.62. The lowest BCUT2D eigenvalue weighted by Crippen LogP contribution is -2.37. The number of rotatable bonds is 4. The van der Waals surface area contributed by atoms with Crippen molar-refractivity contribution in [2.75, 3.05) is 6.54 Å². The van der Waals surface area contributed by atoms with Crippen molar-refractivity contribution in [1.29, 1.82) is 0 Å². The largest absolute Gasteiger partial charge is 0.312 e. The zero-order valence-corrected chi connectivity index (χ0v) is 13.6. The van der Waals surface area contributed by atoms with Crippen LogP contribution in [0, 0.1) is 13.8 Å². The van der Waals surface area contributed by atoms with Crippen LogP contribution in [-0.2, 0) is 6.42 Å². The molecule has 2 aromatic heterocycles. The lowest BCUT2D eigenvalue weighted by Gasteiger charge is -2.21. The zero-order chi connectivity index (χ0) is 14.8. The number of aryl methyl sites for hydroxylation is 2. The molecule has 0 aliphatic carbocycles. The number of hydrogen-bond donors (Lipinski definition) is 1. The van der Waals surface area contributed by atoms with Crippen molar-refractivity contribution in [2.24, 2.45) is 0 Å². The molecule has 1 N–H and O–H groups in total. The van der Waals surface area contributed by atoms with Crippen LogP contribution in [0.25, 0.3) is 10.7 Å². The van der Waals surface area contributed by atoms with Crippen molar-refractivity contribution in [3.63, 3.8) is 0 Å². The first-order valence-electron chi connectivity index (χ1n) is 6.85. The fourth-order valence-corrected chi connectivity index (χ4v) is 2.65. The van der Waals surface area contributed by atoms with Crippen molar-refractivity contribution in [2.45, 2.75) is 46.6 Å². The Bertz CT molecular complexity index is 547. The summed E-state index contributed by atoms with van der Waals surface area (Å²) in [4.78, 5) is 14.4. The molecule has 0 atom stereocenters. The quantitative estimate of drug-likeness (QED) is 0.940. The van der Waals surface area contributed by atoms with Crippen LogP contribution >= 0.6 is 11.3 Å². The van der Waals surface area contributed by atoms with E-state index in [1.165, 1.54) is 5.56 Å². The van der Waals surface area contributed by atoms with Crippen molar-refractivity contribution in [3.05, 3.63) is 28.7 Å². The molecule has 2 aromatic rings. The summed E-state index contributed by atoms with van der Waals surface area (Å²) in [5.74, 6) is 0.787. The molecule has 20 heavy (non-hydrogen) atoms. The van der Waals surface area contributed by atoms with Crippen LogP contribution in [0.2, 0.25) is 0 Å². The number of thiazole rings is 1. The molecule has 0 amide bonds. The van der Waals surface area contributed by atoms with Gasteiger partial charge >= 0.3 is 0 Å². The Hall–Kier alpha value is -1.33. The summed E-state index contributed by atoms with van der Waals surface area (Å²) in [5, 5.41) is 3.50. The summed E-state index contributed by atoms with van der Waals surface area (Å²) in [6.45, 7) is 11.6. The molecule has 0 radical (unpaired) electrons. The molecule has 0 aliphatic heterocycles. The molecule has 0 spiro atoms. The fraction of sp³-hybridized carbons (Fsp3) is 0.533. The van der Waals surface area contributed by atoms with E-state index in [1.807, 2.05) is 11.7 Å². The van der Waals surface area contributed by atoms with Crippen molar-refractivity contribution in [1.82, 2.24) is 20.3 Å². The summed E-state index contributed by atoms with van der Waals surface area (Å²) in [7, 11) is 0. The number of nitrogens with one attached hydrogen (secondary N) is 1. The van der Waals surface area contributed by atoms with Gasteiger partial charge in [0, 0.05) is 23.1 Å². The summed E-state index contributed by atoms with van der Waals surface area (Å²) >= 11 is 1.57. The molecule has 2 rings (SSSR count). The van der Waals surface area contributed by atoms with Gasteiger partial charge in [0.05, 0.1) is 10.4 Å². The van der Waals surface area contributed by atoms with Gasteiger partial charge in [-0.1, -0.05) is 0 Å². The topological polar surface area (TPSA) is 50.7 Å². The second kappa shape index (κ2) is 5.97. The van der Waals surface area contributed by atoms with Gasteiger partial charge in [0.15, 0.2) is 5.82 Å². The van der Waals surface area contributed by atoms with Crippen LogP contribution in [0.3, 0.4) is 0 Å². The van der Waals surface area contributed by atoms with E-state index in [0.29, 0.717) is 0 Å². The molecule has 0 aromatic carbocycles. The average molecular weight is 290 g/mol. The maximum Gasteiger partial charge on any atom is 0.171 e. The van der Waals surface area contributed by atoms with E-state index in [4.69, 9.17) is 0 Å². The van der Waals surface area contributed by atoms with E-state index in [-0.39, 0.29) is 5.54 Å². The van der Waals surface area contributed by atoms with E-state index in [2.05, 4.69) is 54.9 Å². The van der Waals surface area contributed by atoms with Gasteiger partial charge in [-0.15, -0.1) is 11.3 Å². The predicted octanol–water partition coefficient (Wildman–Crippen LogP) is 3.15. The predicted molar refractivity (Wildman–Crippen MR) is 84.1 cm³/mol. The maximum absolute atomic E-state index is 4.62. The molecular formula is C15H22N4S. The summed E-state index contributed by atoms with van der Waals surface area (Å²) in [6.07, 6.45) is 2.78. The normalized spacial score (nSPS) is 11.8. The molecule has 5 heteroatoms. The summed E-state index contributed by atoms with van der Waals surface area (Å²) < 4.78 is 0. The van der Waals surface area contributed by atoms with E-state index >= 15 is 0 Å². The Morgan fingerprint density at radius 2 is 1.80 bits per heavy atom. The van der Waals surface area contributed by atoms with Crippen molar-refractivity contribution < 1.29 is 0 Å². The second-order valence-corrected chi connectivity index (χ2v) is 6.88.